The molecule has 0 aromatic rings. The molecule has 0 aromatic heterocycles. The van der Waals surface area contributed by atoms with Crippen molar-refractivity contribution in [1.82, 2.24) is 14.8 Å². The zero-order valence-corrected chi connectivity index (χ0v) is 9.49. The van der Waals surface area contributed by atoms with Crippen molar-refractivity contribution in [2.75, 3.05) is 40.4 Å². The summed E-state index contributed by atoms with van der Waals surface area (Å²) < 4.78 is 31.8. The van der Waals surface area contributed by atoms with Gasteiger partial charge in [-0.1, -0.05) is 0 Å². The van der Waals surface area contributed by atoms with E-state index in [2.05, 4.69) is 14.8 Å². The second-order valence-corrected chi connectivity index (χ2v) is 4.33. The van der Waals surface area contributed by atoms with E-state index in [0.29, 0.717) is 13.2 Å². The minimum absolute atomic E-state index is 0.290. The molecule has 0 fully saturated rings. The van der Waals surface area contributed by atoms with E-state index in [4.69, 9.17) is 4.74 Å². The maximum Gasteiger partial charge on any atom is 0.276 e. The lowest BCUT2D eigenvalue weighted by molar-refractivity contribution is 0.204. The minimum Gasteiger partial charge on any atom is -0.383 e. The minimum atomic E-state index is -3.34. The third-order valence-corrected chi connectivity index (χ3v) is 2.66. The van der Waals surface area contributed by atoms with Crippen molar-refractivity contribution in [3.8, 4) is 0 Å². The van der Waals surface area contributed by atoms with E-state index in [-0.39, 0.29) is 6.54 Å². The van der Waals surface area contributed by atoms with Gasteiger partial charge >= 0.3 is 0 Å². The molecule has 0 saturated carbocycles. The number of methoxy groups -OCH3 is 1. The van der Waals surface area contributed by atoms with E-state index in [0.717, 1.165) is 13.0 Å². The highest BCUT2D eigenvalue weighted by Gasteiger charge is 2.06. The molecule has 0 amide bonds. The zero-order chi connectivity index (χ0) is 10.9. The third-order valence-electron chi connectivity index (χ3n) is 1.49. The van der Waals surface area contributed by atoms with Gasteiger partial charge in [0.25, 0.3) is 10.2 Å². The fourth-order valence-corrected chi connectivity index (χ4v) is 1.67. The van der Waals surface area contributed by atoms with E-state index < -0.39 is 10.2 Å². The van der Waals surface area contributed by atoms with Gasteiger partial charge in [0.05, 0.1) is 6.61 Å². The van der Waals surface area contributed by atoms with Crippen LogP contribution in [0.5, 0.6) is 0 Å². The lowest BCUT2D eigenvalue weighted by Crippen LogP contribution is -2.39. The molecule has 0 unspecified atom stereocenters. The number of ether oxygens (including phenoxy) is 1. The van der Waals surface area contributed by atoms with Gasteiger partial charge in [-0.15, -0.1) is 0 Å². The summed E-state index contributed by atoms with van der Waals surface area (Å²) in [6.07, 6.45) is 0.766. The summed E-state index contributed by atoms with van der Waals surface area (Å²) in [7, 11) is 0.00514. The Bertz CT molecular complexity index is 218. The molecule has 0 bridgehead atoms. The summed E-state index contributed by atoms with van der Waals surface area (Å²) in [5, 5.41) is 2.93. The van der Waals surface area contributed by atoms with Crippen LogP contribution >= 0.6 is 0 Å². The first-order valence-corrected chi connectivity index (χ1v) is 5.98. The van der Waals surface area contributed by atoms with Crippen LogP contribution in [0.3, 0.4) is 0 Å². The van der Waals surface area contributed by atoms with Crippen molar-refractivity contribution in [2.45, 2.75) is 6.42 Å². The highest BCUT2D eigenvalue weighted by molar-refractivity contribution is 7.87. The van der Waals surface area contributed by atoms with Crippen LogP contribution in [0.2, 0.25) is 0 Å². The Hall–Kier alpha value is -0.210. The fraction of sp³-hybridized carbons (Fsp3) is 1.00. The highest BCUT2D eigenvalue weighted by Crippen LogP contribution is 1.79. The Labute approximate surface area is 85.6 Å². The van der Waals surface area contributed by atoms with Gasteiger partial charge in [-0.25, -0.2) is 4.72 Å². The predicted molar refractivity (Wildman–Crippen MR) is 55.3 cm³/mol. The summed E-state index contributed by atoms with van der Waals surface area (Å²) in [6.45, 7) is 1.89. The van der Waals surface area contributed by atoms with Crippen LogP contribution in [0, 0.1) is 0 Å². The Morgan fingerprint density at radius 3 is 2.36 bits per heavy atom. The van der Waals surface area contributed by atoms with E-state index in [1.165, 1.54) is 7.11 Å². The second kappa shape index (κ2) is 8.13. The second-order valence-electron chi connectivity index (χ2n) is 2.74. The lowest BCUT2D eigenvalue weighted by atomic mass is 10.4. The van der Waals surface area contributed by atoms with Crippen molar-refractivity contribution in [3.63, 3.8) is 0 Å². The first kappa shape index (κ1) is 13.8. The molecule has 0 aromatic carbocycles. The van der Waals surface area contributed by atoms with Gasteiger partial charge in [-0.3, -0.25) is 0 Å². The van der Waals surface area contributed by atoms with Gasteiger partial charge in [0.2, 0.25) is 0 Å². The van der Waals surface area contributed by atoms with Crippen LogP contribution in [0.25, 0.3) is 0 Å². The van der Waals surface area contributed by atoms with Crippen molar-refractivity contribution < 1.29 is 13.2 Å². The summed E-state index contributed by atoms with van der Waals surface area (Å²) in [4.78, 5) is 0. The Balaban J connectivity index is 3.52. The third kappa shape index (κ3) is 8.39. The van der Waals surface area contributed by atoms with Crippen molar-refractivity contribution in [2.24, 2.45) is 0 Å². The van der Waals surface area contributed by atoms with Crippen LogP contribution in [-0.2, 0) is 14.9 Å². The predicted octanol–water partition coefficient (Wildman–Crippen LogP) is -1.33. The molecule has 0 aliphatic rings. The van der Waals surface area contributed by atoms with Crippen LogP contribution < -0.4 is 14.8 Å². The molecular formula is C7H19N3O3S. The largest absolute Gasteiger partial charge is 0.383 e. The molecule has 0 saturated heterocycles. The fourth-order valence-electron chi connectivity index (χ4n) is 0.801. The van der Waals surface area contributed by atoms with E-state index in [1.807, 2.05) is 7.05 Å². The SMILES string of the molecule is CNCCCNS(=O)(=O)NCCOC. The molecule has 0 heterocycles. The van der Waals surface area contributed by atoms with Gasteiger partial charge in [-0.2, -0.15) is 13.1 Å². The molecule has 14 heavy (non-hydrogen) atoms. The maximum atomic E-state index is 11.2. The van der Waals surface area contributed by atoms with Crippen LogP contribution in [0.15, 0.2) is 0 Å². The zero-order valence-electron chi connectivity index (χ0n) is 8.67. The lowest BCUT2D eigenvalue weighted by Gasteiger charge is -2.07. The average molecular weight is 225 g/mol. The number of nitrogens with one attached hydrogen (secondary N) is 3. The number of rotatable bonds is 9. The molecule has 7 heteroatoms. The van der Waals surface area contributed by atoms with Gasteiger partial charge in [0, 0.05) is 20.2 Å². The van der Waals surface area contributed by atoms with Crippen LogP contribution in [0.4, 0.5) is 0 Å². The molecular weight excluding hydrogens is 206 g/mol. The summed E-state index contributed by atoms with van der Waals surface area (Å²) in [6, 6.07) is 0. The topological polar surface area (TPSA) is 79.5 Å². The average Bonchev–Trinajstić information content (AvgIpc) is 2.13. The smallest absolute Gasteiger partial charge is 0.276 e. The maximum absolute atomic E-state index is 11.2. The molecule has 0 atom stereocenters. The number of hydrogen-bond donors (Lipinski definition) is 3. The van der Waals surface area contributed by atoms with E-state index in [9.17, 15) is 8.42 Å². The molecule has 0 rings (SSSR count). The van der Waals surface area contributed by atoms with Gasteiger partial charge < -0.3 is 10.1 Å². The van der Waals surface area contributed by atoms with Crippen molar-refractivity contribution in [1.29, 1.82) is 0 Å². The monoisotopic (exact) mass is 225 g/mol. The number of hydrogen-bond acceptors (Lipinski definition) is 4. The molecule has 0 radical (unpaired) electrons. The van der Waals surface area contributed by atoms with Crippen molar-refractivity contribution >= 4 is 10.2 Å². The summed E-state index contributed by atoms with van der Waals surface area (Å²) >= 11 is 0. The Morgan fingerprint density at radius 1 is 1.14 bits per heavy atom. The molecule has 3 N–H and O–H groups in total. The van der Waals surface area contributed by atoms with Crippen LogP contribution in [0.1, 0.15) is 6.42 Å². The van der Waals surface area contributed by atoms with E-state index >= 15 is 0 Å². The summed E-state index contributed by atoms with van der Waals surface area (Å²) in [5.74, 6) is 0. The standard InChI is InChI=1S/C7H19N3O3S/c1-8-4-3-5-9-14(11,12)10-6-7-13-2/h8-10H,3-7H2,1-2H3. The Kier molecular flexibility index (Phi) is 8.01. The van der Waals surface area contributed by atoms with Crippen LogP contribution in [-0.4, -0.2) is 48.8 Å². The van der Waals surface area contributed by atoms with E-state index in [1.54, 1.807) is 0 Å². The molecule has 6 nitrogen and oxygen atoms in total. The Morgan fingerprint density at radius 2 is 1.79 bits per heavy atom. The van der Waals surface area contributed by atoms with Crippen molar-refractivity contribution in [3.05, 3.63) is 0 Å². The van der Waals surface area contributed by atoms with Gasteiger partial charge in [0.15, 0.2) is 0 Å². The first-order chi connectivity index (χ1) is 6.62. The molecule has 0 aliphatic heterocycles. The first-order valence-electron chi connectivity index (χ1n) is 4.50. The quantitative estimate of drug-likeness (QED) is 0.425. The highest BCUT2D eigenvalue weighted by atomic mass is 32.2. The molecule has 0 spiro atoms. The normalized spacial score (nSPS) is 11.9. The molecule has 0 aliphatic carbocycles. The van der Waals surface area contributed by atoms with Gasteiger partial charge in [-0.05, 0) is 20.0 Å². The van der Waals surface area contributed by atoms with Gasteiger partial charge in [0.1, 0.15) is 0 Å². The summed E-state index contributed by atoms with van der Waals surface area (Å²) in [5.41, 5.74) is 0. The molecule has 86 valence electrons.